The summed E-state index contributed by atoms with van der Waals surface area (Å²) in [5.41, 5.74) is 2.01. The second-order valence-corrected chi connectivity index (χ2v) is 6.27. The van der Waals surface area contributed by atoms with E-state index in [9.17, 15) is 14.4 Å². The molecule has 0 saturated carbocycles. The minimum atomic E-state index is -0.888. The molecule has 29 heavy (non-hydrogen) atoms. The molecule has 0 aliphatic carbocycles. The Morgan fingerprint density at radius 2 is 1.17 bits per heavy atom. The van der Waals surface area contributed by atoms with E-state index in [1.807, 2.05) is 61.5 Å². The molecule has 0 saturated heterocycles. The number of benzene rings is 3. The number of carbonyl (C=O) groups excluding carboxylic acids is 3. The van der Waals surface area contributed by atoms with Crippen molar-refractivity contribution in [1.82, 2.24) is 0 Å². The maximum atomic E-state index is 12.4. The number of ether oxygens (including phenoxy) is 1. The van der Waals surface area contributed by atoms with Gasteiger partial charge in [-0.2, -0.15) is 0 Å². The van der Waals surface area contributed by atoms with Gasteiger partial charge in [0, 0.05) is 30.0 Å². The van der Waals surface area contributed by atoms with Crippen LogP contribution in [0, 0.1) is 0 Å². The van der Waals surface area contributed by atoms with Gasteiger partial charge in [-0.25, -0.2) is 0 Å². The van der Waals surface area contributed by atoms with Gasteiger partial charge in [0.25, 0.3) is 0 Å². The first-order chi connectivity index (χ1) is 14.0. The van der Waals surface area contributed by atoms with Crippen LogP contribution in [-0.4, -0.2) is 17.5 Å². The number of hydrogen-bond donors (Lipinski definition) is 0. The Morgan fingerprint density at radius 3 is 1.62 bits per heavy atom. The van der Waals surface area contributed by atoms with Gasteiger partial charge in [-0.3, -0.25) is 14.4 Å². The molecule has 1 unspecified atom stereocenters. The quantitative estimate of drug-likeness (QED) is 0.416. The van der Waals surface area contributed by atoms with Crippen molar-refractivity contribution < 1.29 is 19.1 Å². The molecule has 0 heterocycles. The third-order valence-corrected chi connectivity index (χ3v) is 4.10. The zero-order chi connectivity index (χ0) is 21.1. The van der Waals surface area contributed by atoms with Gasteiger partial charge in [0.05, 0.1) is 0 Å². The number of hydrogen-bond acceptors (Lipinski definition) is 4. The lowest BCUT2D eigenvalue weighted by Crippen LogP contribution is -2.18. The molecule has 0 amide bonds. The van der Waals surface area contributed by atoms with E-state index in [1.54, 1.807) is 36.4 Å². The van der Waals surface area contributed by atoms with Gasteiger partial charge in [-0.05, 0) is 0 Å². The molecule has 0 aromatic heterocycles. The fourth-order valence-corrected chi connectivity index (χ4v) is 2.65. The van der Waals surface area contributed by atoms with Crippen LogP contribution in [0.3, 0.4) is 0 Å². The highest BCUT2D eigenvalue weighted by Gasteiger charge is 2.24. The molecule has 0 aliphatic heterocycles. The Balaban J connectivity index is 0.000000253. The van der Waals surface area contributed by atoms with E-state index < -0.39 is 12.1 Å². The van der Waals surface area contributed by atoms with Crippen molar-refractivity contribution in [1.29, 1.82) is 0 Å². The molecule has 4 nitrogen and oxygen atoms in total. The molecular weight excluding hydrogens is 364 g/mol. The van der Waals surface area contributed by atoms with Crippen LogP contribution in [0.2, 0.25) is 0 Å². The first-order valence-corrected chi connectivity index (χ1v) is 9.42. The third-order valence-electron chi connectivity index (χ3n) is 4.10. The summed E-state index contributed by atoms with van der Waals surface area (Å²) in [6, 6.07) is 27.2. The number of Topliss-reactive ketones (excluding diaryl/α,β-unsaturated/α-hetero) is 2. The van der Waals surface area contributed by atoms with E-state index in [0.29, 0.717) is 17.5 Å². The molecule has 3 aromatic rings. The van der Waals surface area contributed by atoms with Crippen LogP contribution in [0.5, 0.6) is 0 Å². The van der Waals surface area contributed by atoms with E-state index in [1.165, 1.54) is 6.92 Å². The summed E-state index contributed by atoms with van der Waals surface area (Å²) in [4.78, 5) is 34.6. The fourth-order valence-electron chi connectivity index (χ4n) is 2.65. The molecule has 148 valence electrons. The normalized spacial score (nSPS) is 10.8. The van der Waals surface area contributed by atoms with E-state index in [-0.39, 0.29) is 11.6 Å². The maximum absolute atomic E-state index is 12.4. The summed E-state index contributed by atoms with van der Waals surface area (Å²) in [5.74, 6) is -0.485. The maximum Gasteiger partial charge on any atom is 0.303 e. The van der Waals surface area contributed by atoms with Crippen molar-refractivity contribution in [3.8, 4) is 0 Å². The van der Waals surface area contributed by atoms with E-state index in [4.69, 9.17) is 4.74 Å². The van der Waals surface area contributed by atoms with Crippen molar-refractivity contribution in [2.75, 3.05) is 0 Å². The Hall–Kier alpha value is -3.53. The van der Waals surface area contributed by atoms with Crippen LogP contribution < -0.4 is 0 Å². The lowest BCUT2D eigenvalue weighted by atomic mass is 10.00. The molecule has 0 radical (unpaired) electrons. The predicted octanol–water partition coefficient (Wildman–Crippen LogP) is 5.45. The Kier molecular flexibility index (Phi) is 8.51. The molecule has 1 atom stereocenters. The lowest BCUT2D eigenvalue weighted by molar-refractivity contribution is -0.144. The Morgan fingerprint density at radius 1 is 0.724 bits per heavy atom. The molecule has 4 heteroatoms. The first kappa shape index (κ1) is 21.8. The van der Waals surface area contributed by atoms with Crippen LogP contribution in [-0.2, 0) is 9.53 Å². The van der Waals surface area contributed by atoms with Crippen molar-refractivity contribution >= 4 is 17.5 Å². The number of esters is 1. The van der Waals surface area contributed by atoms with Crippen molar-refractivity contribution in [3.05, 3.63) is 108 Å². The minimum absolute atomic E-state index is 0.209. The smallest absolute Gasteiger partial charge is 0.303 e. The zero-order valence-electron chi connectivity index (χ0n) is 16.6. The number of rotatable bonds is 6. The SMILES string of the molecule is CC(=O)OC(C(=O)c1ccccc1)c1ccccc1.CCC(=O)c1ccccc1. The van der Waals surface area contributed by atoms with Crippen LogP contribution in [0.1, 0.15) is 52.7 Å². The van der Waals surface area contributed by atoms with Crippen molar-refractivity contribution in [2.24, 2.45) is 0 Å². The van der Waals surface area contributed by atoms with E-state index in [0.717, 1.165) is 5.56 Å². The Labute approximate surface area is 171 Å². The summed E-state index contributed by atoms with van der Waals surface area (Å²) in [6.07, 6.45) is -0.301. The summed E-state index contributed by atoms with van der Waals surface area (Å²) in [5, 5.41) is 0. The highest BCUT2D eigenvalue weighted by molar-refractivity contribution is 6.00. The molecule has 0 spiro atoms. The number of ketones is 2. The van der Waals surface area contributed by atoms with Gasteiger partial charge < -0.3 is 4.74 Å². The molecule has 0 aliphatic rings. The molecule has 0 bridgehead atoms. The van der Waals surface area contributed by atoms with E-state index >= 15 is 0 Å². The molecule has 0 N–H and O–H groups in total. The molecular formula is C25H24O4. The van der Waals surface area contributed by atoms with Crippen LogP contribution in [0.4, 0.5) is 0 Å². The topological polar surface area (TPSA) is 60.4 Å². The first-order valence-electron chi connectivity index (χ1n) is 9.42. The molecule has 3 rings (SSSR count). The van der Waals surface area contributed by atoms with Crippen LogP contribution in [0.25, 0.3) is 0 Å². The average Bonchev–Trinajstić information content (AvgIpc) is 2.78. The van der Waals surface area contributed by atoms with Gasteiger partial charge in [0.15, 0.2) is 11.9 Å². The van der Waals surface area contributed by atoms with Crippen LogP contribution >= 0.6 is 0 Å². The van der Waals surface area contributed by atoms with Crippen molar-refractivity contribution in [2.45, 2.75) is 26.4 Å². The Bertz CT molecular complexity index is 919. The summed E-state index contributed by atoms with van der Waals surface area (Å²) < 4.78 is 5.16. The highest BCUT2D eigenvalue weighted by Crippen LogP contribution is 2.22. The zero-order valence-corrected chi connectivity index (χ0v) is 16.6. The standard InChI is InChI=1S/C16H14O3.C9H10O/c1-12(17)19-16(14-10-6-3-7-11-14)15(18)13-8-4-2-5-9-13;1-2-9(10)8-6-4-3-5-7-8/h2-11,16H,1H3;3-7H,2H2,1H3. The highest BCUT2D eigenvalue weighted by atomic mass is 16.5. The summed E-state index contributed by atoms with van der Waals surface area (Å²) in [6.45, 7) is 3.17. The lowest BCUT2D eigenvalue weighted by Gasteiger charge is -2.16. The second-order valence-electron chi connectivity index (χ2n) is 6.27. The predicted molar refractivity (Wildman–Crippen MR) is 113 cm³/mol. The van der Waals surface area contributed by atoms with Gasteiger partial charge in [-0.15, -0.1) is 0 Å². The molecule has 0 fully saturated rings. The van der Waals surface area contributed by atoms with Gasteiger partial charge in [-0.1, -0.05) is 97.9 Å². The average molecular weight is 388 g/mol. The van der Waals surface area contributed by atoms with E-state index in [2.05, 4.69) is 0 Å². The van der Waals surface area contributed by atoms with Gasteiger partial charge in [0.1, 0.15) is 0 Å². The summed E-state index contributed by atoms with van der Waals surface area (Å²) in [7, 11) is 0. The minimum Gasteiger partial charge on any atom is -0.449 e. The van der Waals surface area contributed by atoms with Crippen LogP contribution in [0.15, 0.2) is 91.0 Å². The fraction of sp³-hybridized carbons (Fsp3) is 0.160. The third kappa shape index (κ3) is 6.85. The van der Waals surface area contributed by atoms with Crippen molar-refractivity contribution in [3.63, 3.8) is 0 Å². The second kappa shape index (κ2) is 11.3. The van der Waals surface area contributed by atoms with Gasteiger partial charge >= 0.3 is 5.97 Å². The molecule has 3 aromatic carbocycles. The number of carbonyl (C=O) groups is 3. The monoisotopic (exact) mass is 388 g/mol. The largest absolute Gasteiger partial charge is 0.449 e. The summed E-state index contributed by atoms with van der Waals surface area (Å²) >= 11 is 0. The van der Waals surface area contributed by atoms with Gasteiger partial charge in [0.2, 0.25) is 5.78 Å².